The van der Waals surface area contributed by atoms with Crippen LogP contribution in [0.1, 0.15) is 24.0 Å². The number of methoxy groups -OCH3 is 1. The largest absolute Gasteiger partial charge is 0.497 e. The number of nitrogens with zero attached hydrogens (tertiary/aromatic N) is 3. The Balaban J connectivity index is 1.30. The number of aryl methyl sites for hydroxylation is 1. The lowest BCUT2D eigenvalue weighted by atomic mass is 9.96. The van der Waals surface area contributed by atoms with E-state index in [2.05, 4.69) is 15.5 Å². The van der Waals surface area contributed by atoms with E-state index in [1.807, 2.05) is 35.2 Å². The third-order valence-electron chi connectivity index (χ3n) is 5.58. The molecular formula is C23H25FN4O3. The summed E-state index contributed by atoms with van der Waals surface area (Å²) in [6.45, 7) is 3.34. The van der Waals surface area contributed by atoms with E-state index in [-0.39, 0.29) is 17.6 Å². The Morgan fingerprint density at radius 2 is 2.06 bits per heavy atom. The van der Waals surface area contributed by atoms with Crippen LogP contribution in [0.2, 0.25) is 0 Å². The number of nitrogens with one attached hydrogen (secondary N) is 1. The first-order valence-electron chi connectivity index (χ1n) is 10.3. The molecule has 0 unspecified atom stereocenters. The summed E-state index contributed by atoms with van der Waals surface area (Å²) < 4.78 is 24.3. The highest BCUT2D eigenvalue weighted by atomic mass is 19.1. The topological polar surface area (TPSA) is 80.5 Å². The van der Waals surface area contributed by atoms with Crippen LogP contribution in [-0.2, 0) is 11.3 Å². The van der Waals surface area contributed by atoms with E-state index >= 15 is 0 Å². The van der Waals surface area contributed by atoms with Crippen LogP contribution >= 0.6 is 0 Å². The number of piperidine rings is 1. The number of hydrogen-bond acceptors (Lipinski definition) is 6. The van der Waals surface area contributed by atoms with Crippen molar-refractivity contribution in [3.05, 3.63) is 59.4 Å². The van der Waals surface area contributed by atoms with Crippen molar-refractivity contribution in [1.82, 2.24) is 15.5 Å². The zero-order valence-electron chi connectivity index (χ0n) is 17.6. The molecule has 0 bridgehead atoms. The van der Waals surface area contributed by atoms with E-state index in [1.54, 1.807) is 20.1 Å². The second-order valence-corrected chi connectivity index (χ2v) is 7.70. The molecule has 31 heavy (non-hydrogen) atoms. The monoisotopic (exact) mass is 424 g/mol. The second kappa shape index (κ2) is 9.16. The smallest absolute Gasteiger partial charge is 0.324 e. The van der Waals surface area contributed by atoms with Crippen molar-refractivity contribution in [3.8, 4) is 17.1 Å². The fraction of sp³-hybridized carbons (Fsp3) is 0.348. The molecule has 1 aliphatic heterocycles. The molecule has 1 fully saturated rings. The van der Waals surface area contributed by atoms with Crippen LogP contribution in [0.25, 0.3) is 11.4 Å². The first-order valence-corrected chi connectivity index (χ1v) is 10.3. The van der Waals surface area contributed by atoms with Gasteiger partial charge in [0.15, 0.2) is 0 Å². The number of amides is 1. The maximum Gasteiger partial charge on any atom is 0.324 e. The van der Waals surface area contributed by atoms with Crippen molar-refractivity contribution < 1.29 is 18.4 Å². The third-order valence-corrected chi connectivity index (χ3v) is 5.58. The van der Waals surface area contributed by atoms with Gasteiger partial charge in [-0.1, -0.05) is 29.4 Å². The third kappa shape index (κ3) is 4.84. The van der Waals surface area contributed by atoms with E-state index in [4.69, 9.17) is 9.26 Å². The summed E-state index contributed by atoms with van der Waals surface area (Å²) >= 11 is 0. The highest BCUT2D eigenvalue weighted by molar-refractivity contribution is 5.79. The minimum absolute atomic E-state index is 0.0109. The Hall–Kier alpha value is -3.42. The maximum absolute atomic E-state index is 13.7. The summed E-state index contributed by atoms with van der Waals surface area (Å²) in [5, 5.41) is 6.99. The Bertz CT molecular complexity index is 1060. The minimum Gasteiger partial charge on any atom is -0.497 e. The SMILES string of the molecule is COc1cccc(-c2noc(N3CCC(C(=O)NCc4ccc(C)c(F)c4)CC3)n2)c1. The summed E-state index contributed by atoms with van der Waals surface area (Å²) in [4.78, 5) is 19.0. The Morgan fingerprint density at radius 3 is 2.81 bits per heavy atom. The van der Waals surface area contributed by atoms with Gasteiger partial charge < -0.3 is 19.5 Å². The van der Waals surface area contributed by atoms with Gasteiger partial charge in [0.2, 0.25) is 11.7 Å². The normalized spacial score (nSPS) is 14.5. The lowest BCUT2D eigenvalue weighted by Crippen LogP contribution is -2.40. The predicted molar refractivity (Wildman–Crippen MR) is 114 cm³/mol. The zero-order chi connectivity index (χ0) is 21.8. The molecule has 1 saturated heterocycles. The summed E-state index contributed by atoms with van der Waals surface area (Å²) in [7, 11) is 1.61. The fourth-order valence-electron chi connectivity index (χ4n) is 3.64. The Morgan fingerprint density at radius 1 is 1.26 bits per heavy atom. The molecule has 7 nitrogen and oxygen atoms in total. The summed E-state index contributed by atoms with van der Waals surface area (Å²) in [6, 6.07) is 12.9. The summed E-state index contributed by atoms with van der Waals surface area (Å²) in [5.41, 5.74) is 2.17. The van der Waals surface area contributed by atoms with Gasteiger partial charge in [0.1, 0.15) is 11.6 Å². The molecule has 1 aromatic heterocycles. The standard InChI is InChI=1S/C23H25FN4O3/c1-15-6-7-16(12-20(15)24)14-25-22(29)17-8-10-28(11-9-17)23-26-21(27-31-23)18-4-3-5-19(13-18)30-2/h3-7,12-13,17H,8-11,14H2,1-2H3,(H,25,29). The molecule has 0 spiro atoms. The summed E-state index contributed by atoms with van der Waals surface area (Å²) in [5.74, 6) is 0.867. The highest BCUT2D eigenvalue weighted by Crippen LogP contribution is 2.26. The Kier molecular flexibility index (Phi) is 6.16. The molecule has 0 saturated carbocycles. The number of rotatable bonds is 6. The number of carbonyl (C=O) groups excluding carboxylic acids is 1. The Labute approximate surface area is 180 Å². The molecule has 1 N–H and O–H groups in total. The molecular weight excluding hydrogens is 399 g/mol. The first-order chi connectivity index (χ1) is 15.0. The molecule has 2 heterocycles. The van der Waals surface area contributed by atoms with E-state index in [0.717, 1.165) is 16.9 Å². The van der Waals surface area contributed by atoms with Gasteiger partial charge in [0.25, 0.3) is 0 Å². The number of hydrogen-bond donors (Lipinski definition) is 1. The van der Waals surface area contributed by atoms with Crippen LogP contribution < -0.4 is 15.0 Å². The zero-order valence-corrected chi connectivity index (χ0v) is 17.6. The van der Waals surface area contributed by atoms with Gasteiger partial charge in [-0.15, -0.1) is 0 Å². The van der Waals surface area contributed by atoms with Crippen LogP contribution in [-0.4, -0.2) is 36.2 Å². The van der Waals surface area contributed by atoms with Gasteiger partial charge in [-0.3, -0.25) is 4.79 Å². The quantitative estimate of drug-likeness (QED) is 0.650. The van der Waals surface area contributed by atoms with Crippen molar-refractivity contribution in [1.29, 1.82) is 0 Å². The van der Waals surface area contributed by atoms with Crippen LogP contribution in [0.5, 0.6) is 5.75 Å². The van der Waals surface area contributed by atoms with Gasteiger partial charge >= 0.3 is 6.01 Å². The predicted octanol–water partition coefficient (Wildman–Crippen LogP) is 3.73. The lowest BCUT2D eigenvalue weighted by molar-refractivity contribution is -0.125. The van der Waals surface area contributed by atoms with E-state index in [1.165, 1.54) is 6.07 Å². The molecule has 0 atom stereocenters. The van der Waals surface area contributed by atoms with Crippen molar-refractivity contribution >= 4 is 11.9 Å². The van der Waals surface area contributed by atoms with Crippen molar-refractivity contribution in [2.45, 2.75) is 26.3 Å². The van der Waals surface area contributed by atoms with Crippen LogP contribution in [0.3, 0.4) is 0 Å². The van der Waals surface area contributed by atoms with Gasteiger partial charge in [0.05, 0.1) is 7.11 Å². The van der Waals surface area contributed by atoms with Crippen LogP contribution in [0.4, 0.5) is 10.4 Å². The number of ether oxygens (including phenoxy) is 1. The highest BCUT2D eigenvalue weighted by Gasteiger charge is 2.27. The van der Waals surface area contributed by atoms with Gasteiger partial charge in [-0.2, -0.15) is 4.98 Å². The maximum atomic E-state index is 13.7. The molecule has 3 aromatic rings. The molecule has 4 rings (SSSR count). The average molecular weight is 424 g/mol. The molecule has 8 heteroatoms. The lowest BCUT2D eigenvalue weighted by Gasteiger charge is -2.29. The van der Waals surface area contributed by atoms with E-state index < -0.39 is 0 Å². The van der Waals surface area contributed by atoms with Crippen molar-refractivity contribution in [3.63, 3.8) is 0 Å². The molecule has 0 radical (unpaired) electrons. The molecule has 1 aliphatic rings. The minimum atomic E-state index is -0.257. The second-order valence-electron chi connectivity index (χ2n) is 7.70. The number of benzene rings is 2. The van der Waals surface area contributed by atoms with E-state index in [9.17, 15) is 9.18 Å². The van der Waals surface area contributed by atoms with Crippen molar-refractivity contribution in [2.75, 3.05) is 25.1 Å². The van der Waals surface area contributed by atoms with Gasteiger partial charge in [-0.25, -0.2) is 4.39 Å². The van der Waals surface area contributed by atoms with Crippen molar-refractivity contribution in [2.24, 2.45) is 5.92 Å². The van der Waals surface area contributed by atoms with Crippen LogP contribution in [0, 0.1) is 18.7 Å². The molecule has 2 aromatic carbocycles. The van der Waals surface area contributed by atoms with Gasteiger partial charge in [-0.05, 0) is 49.1 Å². The number of carbonyl (C=O) groups is 1. The fourth-order valence-corrected chi connectivity index (χ4v) is 3.64. The number of anilines is 1. The van der Waals surface area contributed by atoms with E-state index in [0.29, 0.717) is 49.9 Å². The molecule has 162 valence electrons. The molecule has 0 aliphatic carbocycles. The first kappa shape index (κ1) is 20.8. The number of halogens is 1. The average Bonchev–Trinajstić information content (AvgIpc) is 3.30. The molecule has 1 amide bonds. The summed E-state index contributed by atoms with van der Waals surface area (Å²) in [6.07, 6.45) is 1.37. The number of aromatic nitrogens is 2. The van der Waals surface area contributed by atoms with Gasteiger partial charge in [0, 0.05) is 31.1 Å². The van der Waals surface area contributed by atoms with Crippen LogP contribution in [0.15, 0.2) is 47.0 Å².